The molecule has 0 radical (unpaired) electrons. The van der Waals surface area contributed by atoms with Crippen molar-refractivity contribution >= 4 is 0 Å². The Morgan fingerprint density at radius 1 is 1.17 bits per heavy atom. The maximum Gasteiger partial charge on any atom is 0.206 e. The van der Waals surface area contributed by atoms with E-state index in [4.69, 9.17) is 4.74 Å². The van der Waals surface area contributed by atoms with Crippen molar-refractivity contribution in [2.45, 2.75) is 38.4 Å². The SMILES string of the molecule is CC(O)(CCN1CCCCC1)Oc1ccccc1. The van der Waals surface area contributed by atoms with Crippen molar-refractivity contribution in [3.05, 3.63) is 30.3 Å². The lowest BCUT2D eigenvalue weighted by atomic mass is 10.1. The van der Waals surface area contributed by atoms with Crippen LogP contribution in [0.3, 0.4) is 0 Å². The van der Waals surface area contributed by atoms with Crippen molar-refractivity contribution in [2.24, 2.45) is 0 Å². The van der Waals surface area contributed by atoms with E-state index in [-0.39, 0.29) is 0 Å². The number of aliphatic hydroxyl groups is 1. The average Bonchev–Trinajstić information content (AvgIpc) is 2.38. The summed E-state index contributed by atoms with van der Waals surface area (Å²) in [5.41, 5.74) is 0. The van der Waals surface area contributed by atoms with E-state index in [1.807, 2.05) is 30.3 Å². The summed E-state index contributed by atoms with van der Waals surface area (Å²) in [6, 6.07) is 9.51. The first-order chi connectivity index (χ1) is 8.66. The molecule has 0 aromatic heterocycles. The monoisotopic (exact) mass is 249 g/mol. The van der Waals surface area contributed by atoms with Gasteiger partial charge in [0.2, 0.25) is 5.79 Å². The molecular formula is C15H23NO2. The van der Waals surface area contributed by atoms with Crippen molar-refractivity contribution < 1.29 is 9.84 Å². The highest BCUT2D eigenvalue weighted by Crippen LogP contribution is 2.20. The molecule has 1 aromatic carbocycles. The summed E-state index contributed by atoms with van der Waals surface area (Å²) >= 11 is 0. The van der Waals surface area contributed by atoms with E-state index in [9.17, 15) is 5.11 Å². The molecule has 0 saturated carbocycles. The first-order valence-corrected chi connectivity index (χ1v) is 6.84. The van der Waals surface area contributed by atoms with Crippen LogP contribution in [0.4, 0.5) is 0 Å². The van der Waals surface area contributed by atoms with Crippen LogP contribution in [0, 0.1) is 0 Å². The molecule has 1 atom stereocenters. The van der Waals surface area contributed by atoms with Crippen molar-refractivity contribution in [1.29, 1.82) is 0 Å². The number of piperidine rings is 1. The fraction of sp³-hybridized carbons (Fsp3) is 0.600. The van der Waals surface area contributed by atoms with Crippen LogP contribution in [0.25, 0.3) is 0 Å². The van der Waals surface area contributed by atoms with Gasteiger partial charge in [-0.15, -0.1) is 0 Å². The molecule has 2 rings (SSSR count). The zero-order valence-corrected chi connectivity index (χ0v) is 11.1. The van der Waals surface area contributed by atoms with Crippen LogP contribution in [0.2, 0.25) is 0 Å². The molecule has 1 N–H and O–H groups in total. The van der Waals surface area contributed by atoms with Gasteiger partial charge in [0.25, 0.3) is 0 Å². The predicted molar refractivity (Wildman–Crippen MR) is 72.6 cm³/mol. The lowest BCUT2D eigenvalue weighted by Crippen LogP contribution is -2.39. The lowest BCUT2D eigenvalue weighted by Gasteiger charge is -2.31. The third kappa shape index (κ3) is 4.31. The minimum Gasteiger partial charge on any atom is -0.463 e. The normalized spacial score (nSPS) is 20.3. The van der Waals surface area contributed by atoms with Gasteiger partial charge in [-0.1, -0.05) is 24.6 Å². The average molecular weight is 249 g/mol. The van der Waals surface area contributed by atoms with Crippen LogP contribution in [0.15, 0.2) is 30.3 Å². The molecule has 1 heterocycles. The molecule has 1 aliphatic rings. The molecule has 0 bridgehead atoms. The van der Waals surface area contributed by atoms with Gasteiger partial charge in [-0.3, -0.25) is 0 Å². The smallest absolute Gasteiger partial charge is 0.206 e. The zero-order valence-electron chi connectivity index (χ0n) is 11.1. The molecule has 1 aliphatic heterocycles. The van der Waals surface area contributed by atoms with E-state index < -0.39 is 5.79 Å². The van der Waals surface area contributed by atoms with Crippen LogP contribution in [0.1, 0.15) is 32.6 Å². The van der Waals surface area contributed by atoms with Crippen molar-refractivity contribution in [1.82, 2.24) is 4.90 Å². The highest BCUT2D eigenvalue weighted by molar-refractivity contribution is 5.21. The second kappa shape index (κ2) is 6.21. The van der Waals surface area contributed by atoms with Gasteiger partial charge in [-0.05, 0) is 38.1 Å². The Bertz CT molecular complexity index is 345. The Morgan fingerprint density at radius 3 is 2.50 bits per heavy atom. The summed E-state index contributed by atoms with van der Waals surface area (Å²) in [5.74, 6) is -0.361. The topological polar surface area (TPSA) is 32.7 Å². The third-order valence-electron chi connectivity index (χ3n) is 3.42. The van der Waals surface area contributed by atoms with Gasteiger partial charge in [0.1, 0.15) is 5.75 Å². The summed E-state index contributed by atoms with van der Waals surface area (Å²) in [4.78, 5) is 2.41. The predicted octanol–water partition coefficient (Wildman–Crippen LogP) is 2.65. The minimum absolute atomic E-state index is 0.641. The Kier molecular flexibility index (Phi) is 4.61. The molecule has 3 heteroatoms. The van der Waals surface area contributed by atoms with Crippen LogP contribution in [0.5, 0.6) is 5.75 Å². The fourth-order valence-corrected chi connectivity index (χ4v) is 2.34. The van der Waals surface area contributed by atoms with Crippen molar-refractivity contribution in [3.8, 4) is 5.75 Å². The molecule has 1 saturated heterocycles. The summed E-state index contributed by atoms with van der Waals surface area (Å²) in [6.07, 6.45) is 4.54. The van der Waals surface area contributed by atoms with E-state index >= 15 is 0 Å². The maximum atomic E-state index is 10.2. The number of benzene rings is 1. The largest absolute Gasteiger partial charge is 0.463 e. The lowest BCUT2D eigenvalue weighted by molar-refractivity contribution is -0.130. The van der Waals surface area contributed by atoms with Gasteiger partial charge in [-0.2, -0.15) is 0 Å². The number of hydrogen-bond acceptors (Lipinski definition) is 3. The Labute approximate surface area is 109 Å². The van der Waals surface area contributed by atoms with Crippen molar-refractivity contribution in [3.63, 3.8) is 0 Å². The maximum absolute atomic E-state index is 10.2. The first-order valence-electron chi connectivity index (χ1n) is 6.84. The molecule has 1 fully saturated rings. The zero-order chi connectivity index (χ0) is 12.8. The van der Waals surface area contributed by atoms with E-state index in [1.165, 1.54) is 19.3 Å². The summed E-state index contributed by atoms with van der Waals surface area (Å²) in [5, 5.41) is 10.2. The fourth-order valence-electron chi connectivity index (χ4n) is 2.34. The Hall–Kier alpha value is -1.06. The van der Waals surface area contributed by atoms with Crippen LogP contribution >= 0.6 is 0 Å². The van der Waals surface area contributed by atoms with Gasteiger partial charge in [0.15, 0.2) is 0 Å². The van der Waals surface area contributed by atoms with Gasteiger partial charge < -0.3 is 14.7 Å². The number of para-hydroxylation sites is 1. The third-order valence-corrected chi connectivity index (χ3v) is 3.42. The molecule has 0 aliphatic carbocycles. The Balaban J connectivity index is 1.79. The molecule has 100 valence electrons. The van der Waals surface area contributed by atoms with E-state index in [0.717, 1.165) is 25.4 Å². The molecular weight excluding hydrogens is 226 g/mol. The van der Waals surface area contributed by atoms with Crippen LogP contribution in [-0.4, -0.2) is 35.4 Å². The van der Waals surface area contributed by atoms with Crippen LogP contribution in [-0.2, 0) is 0 Å². The second-order valence-electron chi connectivity index (χ2n) is 5.24. The van der Waals surface area contributed by atoms with Gasteiger partial charge in [0.05, 0.1) is 0 Å². The number of rotatable bonds is 5. The molecule has 0 spiro atoms. The Morgan fingerprint density at radius 2 is 1.83 bits per heavy atom. The van der Waals surface area contributed by atoms with Crippen LogP contribution < -0.4 is 4.74 Å². The molecule has 3 nitrogen and oxygen atoms in total. The molecule has 1 aromatic rings. The molecule has 0 amide bonds. The highest BCUT2D eigenvalue weighted by Gasteiger charge is 2.23. The summed E-state index contributed by atoms with van der Waals surface area (Å²) in [7, 11) is 0. The van der Waals surface area contributed by atoms with Gasteiger partial charge >= 0.3 is 0 Å². The minimum atomic E-state index is -1.08. The molecule has 18 heavy (non-hydrogen) atoms. The first kappa shape index (κ1) is 13.4. The number of nitrogens with zero attached hydrogens (tertiary/aromatic N) is 1. The second-order valence-corrected chi connectivity index (χ2v) is 5.24. The van der Waals surface area contributed by atoms with Gasteiger partial charge in [-0.25, -0.2) is 0 Å². The van der Waals surface area contributed by atoms with E-state index in [0.29, 0.717) is 6.42 Å². The molecule has 1 unspecified atom stereocenters. The van der Waals surface area contributed by atoms with Crippen molar-refractivity contribution in [2.75, 3.05) is 19.6 Å². The standard InChI is InChI=1S/C15H23NO2/c1-15(17,18-14-8-4-2-5-9-14)10-13-16-11-6-3-7-12-16/h2,4-5,8-9,17H,3,6-7,10-13H2,1H3. The number of hydrogen-bond donors (Lipinski definition) is 1. The number of ether oxygens (including phenoxy) is 1. The highest BCUT2D eigenvalue weighted by atomic mass is 16.6. The summed E-state index contributed by atoms with van der Waals surface area (Å²) < 4.78 is 5.62. The summed E-state index contributed by atoms with van der Waals surface area (Å²) in [6.45, 7) is 4.95. The quantitative estimate of drug-likeness (QED) is 0.814. The van der Waals surface area contributed by atoms with Gasteiger partial charge in [0, 0.05) is 19.9 Å². The number of likely N-dealkylation sites (tertiary alicyclic amines) is 1. The van der Waals surface area contributed by atoms with E-state index in [2.05, 4.69) is 4.90 Å². The van der Waals surface area contributed by atoms with E-state index in [1.54, 1.807) is 6.92 Å².